The first-order valence-corrected chi connectivity index (χ1v) is 6.96. The molecule has 3 nitrogen and oxygen atoms in total. The van der Waals surface area contributed by atoms with E-state index in [0.29, 0.717) is 25.4 Å². The monoisotopic (exact) mass is 260 g/mol. The van der Waals surface area contributed by atoms with Gasteiger partial charge >= 0.3 is 0 Å². The van der Waals surface area contributed by atoms with Crippen molar-refractivity contribution in [3.8, 4) is 0 Å². The lowest BCUT2D eigenvalue weighted by Crippen LogP contribution is -2.27. The Morgan fingerprint density at radius 3 is 2.58 bits per heavy atom. The van der Waals surface area contributed by atoms with Crippen LogP contribution in [-0.4, -0.2) is 17.4 Å². The molecule has 104 valence electrons. The number of likely N-dealkylation sites (tertiary alicyclic amines) is 1. The highest BCUT2D eigenvalue weighted by Gasteiger charge is 2.36. The second kappa shape index (κ2) is 5.33. The van der Waals surface area contributed by atoms with Gasteiger partial charge in [-0.15, -0.1) is 0 Å². The summed E-state index contributed by atoms with van der Waals surface area (Å²) in [5.41, 5.74) is 8.14. The van der Waals surface area contributed by atoms with Crippen LogP contribution < -0.4 is 5.73 Å². The molecule has 1 atom stereocenters. The van der Waals surface area contributed by atoms with Crippen LogP contribution in [0.4, 0.5) is 0 Å². The predicted molar refractivity (Wildman–Crippen MR) is 77.3 cm³/mol. The fourth-order valence-corrected chi connectivity index (χ4v) is 2.58. The number of amides is 1. The van der Waals surface area contributed by atoms with Crippen LogP contribution in [0, 0.1) is 11.3 Å². The van der Waals surface area contributed by atoms with E-state index in [4.69, 9.17) is 5.73 Å². The smallest absolute Gasteiger partial charge is 0.223 e. The Bertz CT molecular complexity index is 462. The summed E-state index contributed by atoms with van der Waals surface area (Å²) in [6.45, 7) is 8.76. The second-order valence-electron chi connectivity index (χ2n) is 6.57. The zero-order valence-corrected chi connectivity index (χ0v) is 12.1. The maximum atomic E-state index is 12.1. The Hall–Kier alpha value is -1.35. The van der Waals surface area contributed by atoms with Gasteiger partial charge in [-0.1, -0.05) is 45.0 Å². The van der Waals surface area contributed by atoms with E-state index in [-0.39, 0.29) is 11.3 Å². The highest BCUT2D eigenvalue weighted by molar-refractivity contribution is 5.78. The van der Waals surface area contributed by atoms with Crippen molar-refractivity contribution < 1.29 is 4.79 Å². The quantitative estimate of drug-likeness (QED) is 0.907. The molecule has 2 rings (SSSR count). The Morgan fingerprint density at radius 2 is 2.00 bits per heavy atom. The van der Waals surface area contributed by atoms with Gasteiger partial charge in [0.2, 0.25) is 5.91 Å². The number of carbonyl (C=O) groups excluding carboxylic acids is 1. The summed E-state index contributed by atoms with van der Waals surface area (Å²) in [5, 5.41) is 0. The number of rotatable bonds is 3. The number of nitrogens with two attached hydrogens (primary N) is 1. The van der Waals surface area contributed by atoms with E-state index in [1.807, 2.05) is 17.0 Å². The minimum absolute atomic E-state index is 0.198. The van der Waals surface area contributed by atoms with Crippen LogP contribution in [0.1, 0.15) is 38.3 Å². The Kier molecular flexibility index (Phi) is 3.95. The van der Waals surface area contributed by atoms with Crippen LogP contribution in [0.5, 0.6) is 0 Å². The largest absolute Gasteiger partial charge is 0.338 e. The van der Waals surface area contributed by atoms with Crippen LogP contribution in [0.3, 0.4) is 0 Å². The lowest BCUT2D eigenvalue weighted by Gasteiger charge is -2.26. The van der Waals surface area contributed by atoms with Crippen molar-refractivity contribution in [2.75, 3.05) is 6.54 Å². The predicted octanol–water partition coefficient (Wildman–Crippen LogP) is 2.54. The van der Waals surface area contributed by atoms with E-state index in [9.17, 15) is 4.79 Å². The van der Waals surface area contributed by atoms with Crippen molar-refractivity contribution in [3.05, 3.63) is 35.4 Å². The molecule has 1 amide bonds. The van der Waals surface area contributed by atoms with Crippen LogP contribution in [0.25, 0.3) is 0 Å². The molecule has 0 bridgehead atoms. The van der Waals surface area contributed by atoms with Crippen molar-refractivity contribution in [2.45, 2.75) is 40.3 Å². The number of hydrogen-bond acceptors (Lipinski definition) is 2. The lowest BCUT2D eigenvalue weighted by atomic mass is 9.80. The second-order valence-corrected chi connectivity index (χ2v) is 6.57. The molecule has 0 spiro atoms. The van der Waals surface area contributed by atoms with Crippen molar-refractivity contribution >= 4 is 5.91 Å². The third kappa shape index (κ3) is 3.35. The topological polar surface area (TPSA) is 46.3 Å². The van der Waals surface area contributed by atoms with Gasteiger partial charge in [0.05, 0.1) is 0 Å². The van der Waals surface area contributed by atoms with Crippen LogP contribution in [-0.2, 0) is 17.9 Å². The summed E-state index contributed by atoms with van der Waals surface area (Å²) in [7, 11) is 0. The molecule has 1 unspecified atom stereocenters. The molecule has 1 saturated heterocycles. The van der Waals surface area contributed by atoms with Gasteiger partial charge in [0, 0.05) is 26.1 Å². The Labute approximate surface area is 115 Å². The first kappa shape index (κ1) is 14.1. The van der Waals surface area contributed by atoms with Gasteiger partial charge < -0.3 is 10.6 Å². The Morgan fingerprint density at radius 1 is 1.32 bits per heavy atom. The van der Waals surface area contributed by atoms with E-state index in [0.717, 1.165) is 12.1 Å². The van der Waals surface area contributed by atoms with E-state index in [1.54, 1.807) is 0 Å². The number of benzene rings is 1. The van der Waals surface area contributed by atoms with E-state index in [1.165, 1.54) is 5.56 Å². The third-order valence-corrected chi connectivity index (χ3v) is 4.04. The van der Waals surface area contributed by atoms with Gasteiger partial charge in [0.1, 0.15) is 0 Å². The fraction of sp³-hybridized carbons (Fsp3) is 0.562. The Balaban J connectivity index is 2.05. The zero-order chi connectivity index (χ0) is 14.0. The van der Waals surface area contributed by atoms with Crippen molar-refractivity contribution in [1.29, 1.82) is 0 Å². The highest BCUT2D eigenvalue weighted by atomic mass is 16.2. The SMILES string of the molecule is CC(C)(C)C1CC(=O)N(Cc2cccc(CN)c2)C1. The van der Waals surface area contributed by atoms with Crippen molar-refractivity contribution in [2.24, 2.45) is 17.1 Å². The fourth-order valence-electron chi connectivity index (χ4n) is 2.58. The summed E-state index contributed by atoms with van der Waals surface area (Å²) < 4.78 is 0. The maximum absolute atomic E-state index is 12.1. The molecule has 1 fully saturated rings. The molecule has 0 aromatic heterocycles. The molecule has 1 aliphatic heterocycles. The third-order valence-electron chi connectivity index (χ3n) is 4.04. The van der Waals surface area contributed by atoms with E-state index >= 15 is 0 Å². The summed E-state index contributed by atoms with van der Waals surface area (Å²) in [4.78, 5) is 14.1. The van der Waals surface area contributed by atoms with E-state index < -0.39 is 0 Å². The number of hydrogen-bond donors (Lipinski definition) is 1. The minimum Gasteiger partial charge on any atom is -0.338 e. The molecule has 0 saturated carbocycles. The van der Waals surface area contributed by atoms with Crippen LogP contribution in [0.15, 0.2) is 24.3 Å². The molecule has 2 N–H and O–H groups in total. The van der Waals surface area contributed by atoms with Gasteiger partial charge in [-0.2, -0.15) is 0 Å². The molecule has 19 heavy (non-hydrogen) atoms. The molecule has 1 aliphatic rings. The average molecular weight is 260 g/mol. The molecule has 0 aliphatic carbocycles. The van der Waals surface area contributed by atoms with E-state index in [2.05, 4.69) is 32.9 Å². The zero-order valence-electron chi connectivity index (χ0n) is 12.1. The van der Waals surface area contributed by atoms with Crippen LogP contribution in [0.2, 0.25) is 0 Å². The lowest BCUT2D eigenvalue weighted by molar-refractivity contribution is -0.128. The average Bonchev–Trinajstić information content (AvgIpc) is 2.71. The molecule has 1 aromatic rings. The molecule has 1 heterocycles. The van der Waals surface area contributed by atoms with Gasteiger partial charge in [0.15, 0.2) is 0 Å². The molecule has 1 aromatic carbocycles. The first-order chi connectivity index (χ1) is 8.90. The normalized spacial score (nSPS) is 20.1. The van der Waals surface area contributed by atoms with Gasteiger partial charge in [-0.3, -0.25) is 4.79 Å². The minimum atomic E-state index is 0.198. The van der Waals surface area contributed by atoms with Crippen LogP contribution >= 0.6 is 0 Å². The summed E-state index contributed by atoms with van der Waals surface area (Å²) in [6.07, 6.45) is 0.681. The van der Waals surface area contributed by atoms with Crippen molar-refractivity contribution in [1.82, 2.24) is 4.90 Å². The molecule has 3 heteroatoms. The van der Waals surface area contributed by atoms with Gasteiger partial charge in [-0.05, 0) is 22.5 Å². The molecule has 0 radical (unpaired) electrons. The summed E-state index contributed by atoms with van der Waals surface area (Å²) >= 11 is 0. The molecular weight excluding hydrogens is 236 g/mol. The number of nitrogens with zero attached hydrogens (tertiary/aromatic N) is 1. The molecular formula is C16H24N2O. The highest BCUT2D eigenvalue weighted by Crippen LogP contribution is 2.34. The van der Waals surface area contributed by atoms with Crippen molar-refractivity contribution in [3.63, 3.8) is 0 Å². The summed E-state index contributed by atoms with van der Waals surface area (Å²) in [6, 6.07) is 8.20. The first-order valence-electron chi connectivity index (χ1n) is 6.96. The summed E-state index contributed by atoms with van der Waals surface area (Å²) in [5.74, 6) is 0.732. The maximum Gasteiger partial charge on any atom is 0.223 e. The van der Waals surface area contributed by atoms with Gasteiger partial charge in [0.25, 0.3) is 0 Å². The number of carbonyl (C=O) groups is 1. The standard InChI is InChI=1S/C16H24N2O/c1-16(2,3)14-8-15(19)18(11-14)10-13-6-4-5-12(7-13)9-17/h4-7,14H,8-11,17H2,1-3H3. The van der Waals surface area contributed by atoms with Gasteiger partial charge in [-0.25, -0.2) is 0 Å².